The van der Waals surface area contributed by atoms with Gasteiger partial charge in [0.2, 0.25) is 11.6 Å². The molecule has 0 saturated heterocycles. The molecule has 3 aromatic rings. The first-order chi connectivity index (χ1) is 9.65. The lowest BCUT2D eigenvalue weighted by Crippen LogP contribution is -1.99. The number of fused-ring (bicyclic) bond motifs is 1. The number of rotatable bonds is 3. The summed E-state index contributed by atoms with van der Waals surface area (Å²) < 4.78 is 11.4. The van der Waals surface area contributed by atoms with Crippen molar-refractivity contribution in [1.82, 2.24) is 9.97 Å². The second kappa shape index (κ2) is 4.96. The van der Waals surface area contributed by atoms with Crippen molar-refractivity contribution in [1.29, 1.82) is 0 Å². The van der Waals surface area contributed by atoms with E-state index in [1.54, 1.807) is 6.20 Å². The molecule has 0 aliphatic carbocycles. The smallest absolute Gasteiger partial charge is 0.247 e. The van der Waals surface area contributed by atoms with Crippen LogP contribution in [0.15, 0.2) is 34.9 Å². The average Bonchev–Trinajstić information content (AvgIpc) is 2.83. The summed E-state index contributed by atoms with van der Waals surface area (Å²) in [5.41, 5.74) is 4.63. The van der Waals surface area contributed by atoms with Crippen LogP contribution in [0, 0.1) is 20.8 Å². The van der Waals surface area contributed by atoms with Crippen LogP contribution in [0.3, 0.4) is 0 Å². The quantitative estimate of drug-likeness (QED) is 0.726. The Hall–Kier alpha value is -2.36. The molecule has 2 aromatic heterocycles. The molecule has 102 valence electrons. The third-order valence-corrected chi connectivity index (χ3v) is 3.29. The number of aromatic nitrogens is 2. The number of nitrogens with zero attached hydrogens (tertiary/aromatic N) is 2. The second-order valence-electron chi connectivity index (χ2n) is 4.90. The topological polar surface area (TPSA) is 48.2 Å². The first-order valence-electron chi connectivity index (χ1n) is 6.55. The first kappa shape index (κ1) is 12.7. The van der Waals surface area contributed by atoms with Crippen LogP contribution in [0.5, 0.6) is 5.75 Å². The van der Waals surface area contributed by atoms with E-state index in [1.165, 1.54) is 0 Å². The van der Waals surface area contributed by atoms with Crippen molar-refractivity contribution in [3.8, 4) is 5.75 Å². The van der Waals surface area contributed by atoms with Gasteiger partial charge in [0.15, 0.2) is 6.61 Å². The molecule has 0 unspecified atom stereocenters. The minimum atomic E-state index is 0.307. The lowest BCUT2D eigenvalue weighted by molar-refractivity contribution is 0.263. The number of aryl methyl sites for hydroxylation is 3. The fourth-order valence-electron chi connectivity index (χ4n) is 2.22. The second-order valence-corrected chi connectivity index (χ2v) is 4.90. The van der Waals surface area contributed by atoms with E-state index in [-0.39, 0.29) is 0 Å². The maximum atomic E-state index is 5.84. The fourth-order valence-corrected chi connectivity index (χ4v) is 2.22. The van der Waals surface area contributed by atoms with Crippen LogP contribution in [0.1, 0.15) is 22.6 Å². The van der Waals surface area contributed by atoms with Gasteiger partial charge in [-0.1, -0.05) is 18.2 Å². The first-order valence-corrected chi connectivity index (χ1v) is 6.55. The minimum absolute atomic E-state index is 0.307. The molecule has 0 aliphatic heterocycles. The van der Waals surface area contributed by atoms with Crippen LogP contribution in [0.2, 0.25) is 0 Å². The molecule has 0 fully saturated rings. The van der Waals surface area contributed by atoms with Crippen molar-refractivity contribution in [3.05, 3.63) is 53.0 Å². The van der Waals surface area contributed by atoms with Crippen LogP contribution in [-0.4, -0.2) is 9.97 Å². The number of hydrogen-bond acceptors (Lipinski definition) is 4. The third-order valence-electron chi connectivity index (χ3n) is 3.29. The molecular formula is C16H16N2O2. The Labute approximate surface area is 117 Å². The molecule has 4 nitrogen and oxygen atoms in total. The van der Waals surface area contributed by atoms with Gasteiger partial charge in [0, 0.05) is 6.20 Å². The van der Waals surface area contributed by atoms with E-state index in [2.05, 4.69) is 9.97 Å². The monoisotopic (exact) mass is 268 g/mol. The average molecular weight is 268 g/mol. The number of ether oxygens (including phenoxy) is 1. The van der Waals surface area contributed by atoms with Crippen molar-refractivity contribution in [2.75, 3.05) is 0 Å². The summed E-state index contributed by atoms with van der Waals surface area (Å²) in [4.78, 5) is 8.60. The Morgan fingerprint density at radius 3 is 2.50 bits per heavy atom. The Morgan fingerprint density at radius 1 is 1.05 bits per heavy atom. The Balaban J connectivity index is 1.85. The van der Waals surface area contributed by atoms with Gasteiger partial charge in [-0.25, -0.2) is 9.97 Å². The molecule has 3 rings (SSSR count). The summed E-state index contributed by atoms with van der Waals surface area (Å²) in [5, 5.41) is 0. The molecule has 0 saturated carbocycles. The van der Waals surface area contributed by atoms with Crippen molar-refractivity contribution in [2.24, 2.45) is 0 Å². The van der Waals surface area contributed by atoms with Gasteiger partial charge in [0.1, 0.15) is 11.3 Å². The van der Waals surface area contributed by atoms with E-state index in [1.807, 2.05) is 45.0 Å². The van der Waals surface area contributed by atoms with Gasteiger partial charge in [-0.2, -0.15) is 0 Å². The van der Waals surface area contributed by atoms with Gasteiger partial charge in [-0.15, -0.1) is 0 Å². The molecule has 0 amide bonds. The zero-order valence-corrected chi connectivity index (χ0v) is 11.8. The fraction of sp³-hybridized carbons (Fsp3) is 0.250. The summed E-state index contributed by atoms with van der Waals surface area (Å²) in [6.45, 7) is 6.35. The predicted octanol–water partition coefficient (Wildman–Crippen LogP) is 3.73. The summed E-state index contributed by atoms with van der Waals surface area (Å²) in [7, 11) is 0. The highest BCUT2D eigenvalue weighted by molar-refractivity contribution is 5.71. The van der Waals surface area contributed by atoms with E-state index in [0.29, 0.717) is 18.2 Å². The largest absolute Gasteiger partial charge is 0.483 e. The van der Waals surface area contributed by atoms with Crippen molar-refractivity contribution >= 4 is 11.2 Å². The Kier molecular flexibility index (Phi) is 3.14. The van der Waals surface area contributed by atoms with E-state index in [0.717, 1.165) is 28.0 Å². The summed E-state index contributed by atoms with van der Waals surface area (Å²) >= 11 is 0. The number of pyridine rings is 1. The SMILES string of the molecule is Cc1cccc(C)c1OCc1nc2c(C)ccnc2o1. The summed E-state index contributed by atoms with van der Waals surface area (Å²) in [6, 6.07) is 7.99. The maximum absolute atomic E-state index is 5.84. The van der Waals surface area contributed by atoms with Crippen LogP contribution >= 0.6 is 0 Å². The molecule has 0 aliphatic rings. The van der Waals surface area contributed by atoms with Crippen LogP contribution in [0.4, 0.5) is 0 Å². The molecule has 2 heterocycles. The number of para-hydroxylation sites is 1. The summed E-state index contributed by atoms with van der Waals surface area (Å²) in [6.07, 6.45) is 1.72. The summed E-state index contributed by atoms with van der Waals surface area (Å²) in [5.74, 6) is 1.43. The van der Waals surface area contributed by atoms with Gasteiger partial charge in [0.25, 0.3) is 0 Å². The molecule has 0 spiro atoms. The lowest BCUT2D eigenvalue weighted by atomic mass is 10.1. The number of hydrogen-bond donors (Lipinski definition) is 0. The number of oxazole rings is 1. The van der Waals surface area contributed by atoms with Crippen LogP contribution < -0.4 is 4.74 Å². The molecule has 0 bridgehead atoms. The number of benzene rings is 1. The molecule has 20 heavy (non-hydrogen) atoms. The Bertz CT molecular complexity index is 742. The van der Waals surface area contributed by atoms with Gasteiger partial charge < -0.3 is 9.15 Å². The molecule has 4 heteroatoms. The predicted molar refractivity (Wildman–Crippen MR) is 76.8 cm³/mol. The van der Waals surface area contributed by atoms with E-state index < -0.39 is 0 Å². The van der Waals surface area contributed by atoms with Crippen LogP contribution in [0.25, 0.3) is 11.2 Å². The highest BCUT2D eigenvalue weighted by atomic mass is 16.5. The molecular weight excluding hydrogens is 252 g/mol. The highest BCUT2D eigenvalue weighted by Gasteiger charge is 2.10. The molecule has 1 aromatic carbocycles. The van der Waals surface area contributed by atoms with Crippen molar-refractivity contribution in [2.45, 2.75) is 27.4 Å². The van der Waals surface area contributed by atoms with Crippen molar-refractivity contribution in [3.63, 3.8) is 0 Å². The minimum Gasteiger partial charge on any atom is -0.483 e. The molecule has 0 atom stereocenters. The zero-order chi connectivity index (χ0) is 14.1. The van der Waals surface area contributed by atoms with Gasteiger partial charge in [-0.3, -0.25) is 0 Å². The third kappa shape index (κ3) is 2.25. The van der Waals surface area contributed by atoms with E-state index in [9.17, 15) is 0 Å². The van der Waals surface area contributed by atoms with Gasteiger partial charge >= 0.3 is 0 Å². The van der Waals surface area contributed by atoms with Gasteiger partial charge in [-0.05, 0) is 43.5 Å². The van der Waals surface area contributed by atoms with E-state index in [4.69, 9.17) is 9.15 Å². The van der Waals surface area contributed by atoms with E-state index >= 15 is 0 Å². The standard InChI is InChI=1S/C16H16N2O2/c1-10-7-8-17-16-14(10)18-13(20-16)9-19-15-11(2)5-4-6-12(15)3/h4-8H,9H2,1-3H3. The normalized spacial score (nSPS) is 10.9. The van der Waals surface area contributed by atoms with Crippen molar-refractivity contribution < 1.29 is 9.15 Å². The molecule has 0 N–H and O–H groups in total. The Morgan fingerprint density at radius 2 is 1.80 bits per heavy atom. The maximum Gasteiger partial charge on any atom is 0.247 e. The molecule has 0 radical (unpaired) electrons. The highest BCUT2D eigenvalue weighted by Crippen LogP contribution is 2.24. The van der Waals surface area contributed by atoms with Crippen LogP contribution in [-0.2, 0) is 6.61 Å². The van der Waals surface area contributed by atoms with Gasteiger partial charge in [0.05, 0.1) is 0 Å². The zero-order valence-electron chi connectivity index (χ0n) is 11.8. The lowest BCUT2D eigenvalue weighted by Gasteiger charge is -2.09.